The Bertz CT molecular complexity index is 1080. The van der Waals surface area contributed by atoms with Crippen molar-refractivity contribution in [2.75, 3.05) is 18.5 Å². The standard InChI is InChI=1S/C23H23ClN4O2S/c24-17-4-1-3-16-19(10-12-30-21(16)17)26-23(29)28-20-13-31-22(27-20)15-8-6-14(7-9-15)18-5-2-11-25-18/h1,3-4,6-9,13,18-19,25H,2,5,10-12H2,(H2,26,28,29)/t18?,19-/m0/s1. The van der Waals surface area contributed by atoms with Crippen LogP contribution in [0.1, 0.15) is 42.5 Å². The van der Waals surface area contributed by atoms with Crippen molar-refractivity contribution in [3.05, 3.63) is 64.0 Å². The third-order valence-electron chi connectivity index (χ3n) is 5.70. The molecule has 3 heterocycles. The third-order valence-corrected chi connectivity index (χ3v) is 6.89. The minimum atomic E-state index is -0.294. The number of urea groups is 1. The van der Waals surface area contributed by atoms with E-state index in [0.717, 1.165) is 22.7 Å². The van der Waals surface area contributed by atoms with Crippen LogP contribution in [0.4, 0.5) is 10.6 Å². The van der Waals surface area contributed by atoms with Crippen molar-refractivity contribution in [3.8, 4) is 16.3 Å². The van der Waals surface area contributed by atoms with E-state index in [0.29, 0.717) is 35.7 Å². The number of benzene rings is 2. The number of carbonyl (C=O) groups excluding carboxylic acids is 1. The fourth-order valence-corrected chi connectivity index (χ4v) is 5.13. The fourth-order valence-electron chi connectivity index (χ4n) is 4.14. The van der Waals surface area contributed by atoms with Gasteiger partial charge in [0.15, 0.2) is 0 Å². The molecule has 160 valence electrons. The molecule has 0 saturated carbocycles. The number of nitrogens with zero attached hydrogens (tertiary/aromatic N) is 1. The van der Waals surface area contributed by atoms with E-state index >= 15 is 0 Å². The largest absolute Gasteiger partial charge is 0.492 e. The second-order valence-electron chi connectivity index (χ2n) is 7.76. The molecule has 1 saturated heterocycles. The lowest BCUT2D eigenvalue weighted by atomic mass is 10.0. The highest BCUT2D eigenvalue weighted by atomic mass is 35.5. The zero-order valence-corrected chi connectivity index (χ0v) is 18.4. The molecule has 5 rings (SSSR count). The van der Waals surface area contributed by atoms with E-state index in [4.69, 9.17) is 16.3 Å². The van der Waals surface area contributed by atoms with Crippen LogP contribution in [0.15, 0.2) is 47.8 Å². The lowest BCUT2D eigenvalue weighted by molar-refractivity contribution is 0.232. The van der Waals surface area contributed by atoms with Gasteiger partial charge < -0.3 is 15.4 Å². The SMILES string of the molecule is O=C(Nc1csc(-c2ccc(C3CCCN3)cc2)n1)N[C@H]1CCOc2c(Cl)cccc21. The molecule has 0 aliphatic carbocycles. The zero-order chi connectivity index (χ0) is 21.2. The van der Waals surface area contributed by atoms with Gasteiger partial charge in [-0.3, -0.25) is 5.32 Å². The Morgan fingerprint density at radius 2 is 2.06 bits per heavy atom. The maximum atomic E-state index is 12.6. The van der Waals surface area contributed by atoms with Crippen LogP contribution in [0.25, 0.3) is 10.6 Å². The number of ether oxygens (including phenoxy) is 1. The summed E-state index contributed by atoms with van der Waals surface area (Å²) >= 11 is 7.73. The predicted octanol–water partition coefficient (Wildman–Crippen LogP) is 5.53. The number of thiazole rings is 1. The Hall–Kier alpha value is -2.61. The van der Waals surface area contributed by atoms with Gasteiger partial charge in [-0.2, -0.15) is 0 Å². The number of aromatic nitrogens is 1. The molecule has 2 amide bonds. The first-order valence-corrected chi connectivity index (χ1v) is 11.7. The molecule has 3 N–H and O–H groups in total. The van der Waals surface area contributed by atoms with Crippen molar-refractivity contribution in [3.63, 3.8) is 0 Å². The highest BCUT2D eigenvalue weighted by Crippen LogP contribution is 2.37. The molecule has 1 aromatic heterocycles. The number of amides is 2. The molecular formula is C23H23ClN4O2S. The van der Waals surface area contributed by atoms with Gasteiger partial charge in [0.05, 0.1) is 17.7 Å². The summed E-state index contributed by atoms with van der Waals surface area (Å²) in [5.41, 5.74) is 3.25. The number of nitrogens with one attached hydrogen (secondary N) is 3. The molecule has 6 nitrogen and oxygen atoms in total. The van der Waals surface area contributed by atoms with Gasteiger partial charge in [0.25, 0.3) is 0 Å². The summed E-state index contributed by atoms with van der Waals surface area (Å²) in [7, 11) is 0. The van der Waals surface area contributed by atoms with Crippen LogP contribution >= 0.6 is 22.9 Å². The molecule has 2 atom stereocenters. The van der Waals surface area contributed by atoms with E-state index in [1.54, 1.807) is 6.07 Å². The molecule has 8 heteroatoms. The highest BCUT2D eigenvalue weighted by Gasteiger charge is 2.25. The number of para-hydroxylation sites is 1. The van der Waals surface area contributed by atoms with Gasteiger partial charge >= 0.3 is 6.03 Å². The number of rotatable bonds is 4. The molecule has 1 unspecified atom stereocenters. The molecule has 2 aromatic carbocycles. The molecule has 31 heavy (non-hydrogen) atoms. The number of fused-ring (bicyclic) bond motifs is 1. The molecule has 1 fully saturated rings. The summed E-state index contributed by atoms with van der Waals surface area (Å²) in [6.07, 6.45) is 3.09. The van der Waals surface area contributed by atoms with Crippen LogP contribution in [0.5, 0.6) is 5.75 Å². The lowest BCUT2D eigenvalue weighted by Crippen LogP contribution is -2.35. The van der Waals surface area contributed by atoms with E-state index in [-0.39, 0.29) is 12.1 Å². The Kier molecular flexibility index (Phi) is 5.80. The summed E-state index contributed by atoms with van der Waals surface area (Å²) < 4.78 is 5.66. The minimum Gasteiger partial charge on any atom is -0.492 e. The van der Waals surface area contributed by atoms with Crippen molar-refractivity contribution in [2.45, 2.75) is 31.3 Å². The number of hydrogen-bond acceptors (Lipinski definition) is 5. The van der Waals surface area contributed by atoms with Gasteiger partial charge in [-0.05, 0) is 31.0 Å². The molecule has 0 bridgehead atoms. The lowest BCUT2D eigenvalue weighted by Gasteiger charge is -2.27. The Balaban J connectivity index is 1.23. The number of halogens is 1. The van der Waals surface area contributed by atoms with Crippen molar-refractivity contribution in [1.82, 2.24) is 15.6 Å². The van der Waals surface area contributed by atoms with E-state index in [1.165, 1.54) is 29.7 Å². The second kappa shape index (κ2) is 8.86. The fraction of sp³-hybridized carbons (Fsp3) is 0.304. The Morgan fingerprint density at radius 3 is 2.87 bits per heavy atom. The van der Waals surface area contributed by atoms with Crippen LogP contribution in [-0.4, -0.2) is 24.2 Å². The summed E-state index contributed by atoms with van der Waals surface area (Å²) in [4.78, 5) is 17.2. The topological polar surface area (TPSA) is 75.3 Å². The van der Waals surface area contributed by atoms with E-state index in [1.807, 2.05) is 17.5 Å². The van der Waals surface area contributed by atoms with E-state index in [2.05, 4.69) is 45.2 Å². The zero-order valence-electron chi connectivity index (χ0n) is 16.9. The molecule has 2 aliphatic rings. The van der Waals surface area contributed by atoms with Crippen molar-refractivity contribution < 1.29 is 9.53 Å². The molecule has 2 aliphatic heterocycles. The third kappa shape index (κ3) is 4.39. The first-order valence-electron chi connectivity index (χ1n) is 10.5. The number of hydrogen-bond donors (Lipinski definition) is 3. The van der Waals surface area contributed by atoms with Crippen molar-refractivity contribution >= 4 is 34.8 Å². The molecule has 3 aromatic rings. The Labute approximate surface area is 190 Å². The number of carbonyl (C=O) groups is 1. The smallest absolute Gasteiger partial charge is 0.320 e. The monoisotopic (exact) mass is 454 g/mol. The highest BCUT2D eigenvalue weighted by molar-refractivity contribution is 7.13. The van der Waals surface area contributed by atoms with E-state index in [9.17, 15) is 4.79 Å². The average molecular weight is 455 g/mol. The molecule has 0 radical (unpaired) electrons. The van der Waals surface area contributed by atoms with Gasteiger partial charge in [-0.15, -0.1) is 11.3 Å². The Morgan fingerprint density at radius 1 is 1.19 bits per heavy atom. The van der Waals surface area contributed by atoms with Crippen LogP contribution < -0.4 is 20.7 Å². The van der Waals surface area contributed by atoms with Crippen LogP contribution in [0.2, 0.25) is 5.02 Å². The number of anilines is 1. The average Bonchev–Trinajstić information content (AvgIpc) is 3.47. The maximum absolute atomic E-state index is 12.6. The first kappa shape index (κ1) is 20.3. The van der Waals surface area contributed by atoms with Crippen molar-refractivity contribution in [1.29, 1.82) is 0 Å². The maximum Gasteiger partial charge on any atom is 0.320 e. The van der Waals surface area contributed by atoms with E-state index < -0.39 is 0 Å². The van der Waals surface area contributed by atoms with Gasteiger partial charge in [0.1, 0.15) is 16.6 Å². The quantitative estimate of drug-likeness (QED) is 0.484. The summed E-state index contributed by atoms with van der Waals surface area (Å²) in [5, 5.41) is 12.7. The van der Waals surface area contributed by atoms with Gasteiger partial charge in [0.2, 0.25) is 0 Å². The normalized spacial score (nSPS) is 20.0. The summed E-state index contributed by atoms with van der Waals surface area (Å²) in [6.45, 7) is 1.59. The predicted molar refractivity (Wildman–Crippen MR) is 124 cm³/mol. The van der Waals surface area contributed by atoms with Gasteiger partial charge in [0, 0.05) is 29.0 Å². The van der Waals surface area contributed by atoms with Crippen LogP contribution in [0.3, 0.4) is 0 Å². The van der Waals surface area contributed by atoms with Crippen LogP contribution in [-0.2, 0) is 0 Å². The minimum absolute atomic E-state index is 0.155. The van der Waals surface area contributed by atoms with Crippen molar-refractivity contribution in [2.24, 2.45) is 0 Å². The van der Waals surface area contributed by atoms with Gasteiger partial charge in [-0.25, -0.2) is 9.78 Å². The van der Waals surface area contributed by atoms with Gasteiger partial charge in [-0.1, -0.05) is 48.0 Å². The van der Waals surface area contributed by atoms with Crippen LogP contribution in [0, 0.1) is 0 Å². The molecule has 0 spiro atoms. The summed E-state index contributed by atoms with van der Waals surface area (Å²) in [6, 6.07) is 14.1. The molecular weight excluding hydrogens is 432 g/mol. The first-order chi connectivity index (χ1) is 15.2. The second-order valence-corrected chi connectivity index (χ2v) is 9.02. The summed E-state index contributed by atoms with van der Waals surface area (Å²) in [5.74, 6) is 1.19.